The number of carbonyl (C=O) groups is 2. The van der Waals surface area contributed by atoms with Gasteiger partial charge in [-0.05, 0) is 19.4 Å². The molecule has 0 aliphatic rings. The van der Waals surface area contributed by atoms with E-state index in [1.54, 1.807) is 31.9 Å². The SMILES string of the molecule is COCCN(Cc1ccccc1)C(=O)CSC(C)C(=O)Nc1cc(C)on1. The molecular formula is C19H25N3O4S. The van der Waals surface area contributed by atoms with Gasteiger partial charge >= 0.3 is 0 Å². The van der Waals surface area contributed by atoms with Gasteiger partial charge in [0.05, 0.1) is 17.6 Å². The minimum atomic E-state index is -0.396. The van der Waals surface area contributed by atoms with Crippen LogP contribution < -0.4 is 5.32 Å². The quantitative estimate of drug-likeness (QED) is 0.670. The van der Waals surface area contributed by atoms with Crippen LogP contribution in [-0.4, -0.2) is 53.1 Å². The number of carbonyl (C=O) groups excluding carboxylic acids is 2. The van der Waals surface area contributed by atoms with Crippen LogP contribution in [0.15, 0.2) is 40.9 Å². The third kappa shape index (κ3) is 7.07. The highest BCUT2D eigenvalue weighted by Crippen LogP contribution is 2.16. The minimum absolute atomic E-state index is 0.0298. The van der Waals surface area contributed by atoms with Crippen molar-refractivity contribution in [2.75, 3.05) is 31.3 Å². The van der Waals surface area contributed by atoms with Crippen LogP contribution >= 0.6 is 11.8 Å². The number of hydrogen-bond acceptors (Lipinski definition) is 6. The van der Waals surface area contributed by atoms with Gasteiger partial charge in [0.15, 0.2) is 5.82 Å². The van der Waals surface area contributed by atoms with Crippen LogP contribution in [0.3, 0.4) is 0 Å². The number of thioether (sulfide) groups is 1. The molecule has 1 N–H and O–H groups in total. The topological polar surface area (TPSA) is 84.7 Å². The number of methoxy groups -OCH3 is 1. The van der Waals surface area contributed by atoms with Gasteiger partial charge in [-0.15, -0.1) is 11.8 Å². The van der Waals surface area contributed by atoms with Crippen LogP contribution in [0.5, 0.6) is 0 Å². The number of nitrogens with one attached hydrogen (secondary N) is 1. The average molecular weight is 391 g/mol. The summed E-state index contributed by atoms with van der Waals surface area (Å²) >= 11 is 1.29. The molecule has 1 atom stereocenters. The van der Waals surface area contributed by atoms with Crippen LogP contribution in [-0.2, 0) is 20.9 Å². The van der Waals surface area contributed by atoms with Crippen molar-refractivity contribution >= 4 is 29.4 Å². The van der Waals surface area contributed by atoms with Crippen LogP contribution in [0.2, 0.25) is 0 Å². The molecule has 7 nitrogen and oxygen atoms in total. The summed E-state index contributed by atoms with van der Waals surface area (Å²) in [6, 6.07) is 11.4. The summed E-state index contributed by atoms with van der Waals surface area (Å²) in [5.74, 6) is 0.964. The first-order valence-electron chi connectivity index (χ1n) is 8.66. The highest BCUT2D eigenvalue weighted by molar-refractivity contribution is 8.01. The lowest BCUT2D eigenvalue weighted by atomic mass is 10.2. The lowest BCUT2D eigenvalue weighted by Crippen LogP contribution is -2.35. The van der Waals surface area contributed by atoms with Gasteiger partial charge in [-0.3, -0.25) is 9.59 Å². The minimum Gasteiger partial charge on any atom is -0.383 e. The first-order chi connectivity index (χ1) is 13.0. The van der Waals surface area contributed by atoms with Crippen molar-refractivity contribution < 1.29 is 18.8 Å². The number of rotatable bonds is 10. The first kappa shape index (κ1) is 21.0. The standard InChI is InChI=1S/C19H25N3O4S/c1-14-11-17(21-26-14)20-19(24)15(2)27-13-18(23)22(9-10-25-3)12-16-7-5-4-6-8-16/h4-8,11,15H,9-10,12-13H2,1-3H3,(H,20,21,24). The zero-order chi connectivity index (χ0) is 19.6. The lowest BCUT2D eigenvalue weighted by molar-refractivity contribution is -0.129. The maximum absolute atomic E-state index is 12.6. The Morgan fingerprint density at radius 3 is 2.70 bits per heavy atom. The lowest BCUT2D eigenvalue weighted by Gasteiger charge is -2.23. The van der Waals surface area contributed by atoms with E-state index in [2.05, 4.69) is 10.5 Å². The number of ether oxygens (including phenoxy) is 1. The summed E-state index contributed by atoms with van der Waals surface area (Å²) in [6.07, 6.45) is 0. The number of aryl methyl sites for hydroxylation is 1. The molecule has 0 radical (unpaired) electrons. The molecule has 1 aromatic heterocycles. The highest BCUT2D eigenvalue weighted by Gasteiger charge is 2.19. The molecule has 0 spiro atoms. The Morgan fingerprint density at radius 1 is 1.33 bits per heavy atom. The number of anilines is 1. The maximum Gasteiger partial charge on any atom is 0.238 e. The van der Waals surface area contributed by atoms with Crippen LogP contribution in [0.1, 0.15) is 18.2 Å². The van der Waals surface area contributed by atoms with Gasteiger partial charge in [-0.25, -0.2) is 0 Å². The zero-order valence-corrected chi connectivity index (χ0v) is 16.6. The van der Waals surface area contributed by atoms with Gasteiger partial charge < -0.3 is 19.5 Å². The molecule has 0 fully saturated rings. The van der Waals surface area contributed by atoms with Crippen molar-refractivity contribution in [3.8, 4) is 0 Å². The molecule has 0 bridgehead atoms. The Morgan fingerprint density at radius 2 is 2.07 bits per heavy atom. The summed E-state index contributed by atoms with van der Waals surface area (Å²) in [5, 5.41) is 6.02. The van der Waals surface area contributed by atoms with Crippen molar-refractivity contribution in [3.63, 3.8) is 0 Å². The number of benzene rings is 1. The Bertz CT molecular complexity index is 736. The second kappa shape index (κ2) is 10.7. The Kier molecular flexibility index (Phi) is 8.35. The molecule has 2 aromatic rings. The highest BCUT2D eigenvalue weighted by atomic mass is 32.2. The van der Waals surface area contributed by atoms with Crippen molar-refractivity contribution in [2.45, 2.75) is 25.6 Å². The fraction of sp³-hybridized carbons (Fsp3) is 0.421. The Hall–Kier alpha value is -2.32. The molecule has 2 rings (SSSR count). The van der Waals surface area contributed by atoms with Crippen molar-refractivity contribution in [1.29, 1.82) is 0 Å². The fourth-order valence-corrected chi connectivity index (χ4v) is 3.10. The zero-order valence-electron chi connectivity index (χ0n) is 15.8. The van der Waals surface area contributed by atoms with E-state index < -0.39 is 5.25 Å². The van der Waals surface area contributed by atoms with E-state index in [0.29, 0.717) is 31.3 Å². The summed E-state index contributed by atoms with van der Waals surface area (Å²) < 4.78 is 10.0. The van der Waals surface area contributed by atoms with E-state index in [1.165, 1.54) is 11.8 Å². The third-order valence-electron chi connectivity index (χ3n) is 3.84. The maximum atomic E-state index is 12.6. The molecule has 1 heterocycles. The van der Waals surface area contributed by atoms with Gasteiger partial charge in [0.25, 0.3) is 0 Å². The van der Waals surface area contributed by atoms with Crippen LogP contribution in [0.4, 0.5) is 5.82 Å². The van der Waals surface area contributed by atoms with Crippen LogP contribution in [0, 0.1) is 6.92 Å². The second-order valence-corrected chi connectivity index (χ2v) is 7.39. The predicted molar refractivity (Wildman–Crippen MR) is 106 cm³/mol. The van der Waals surface area contributed by atoms with Gasteiger partial charge in [-0.1, -0.05) is 35.5 Å². The van der Waals surface area contributed by atoms with E-state index >= 15 is 0 Å². The largest absolute Gasteiger partial charge is 0.383 e. The molecule has 0 aliphatic heterocycles. The van der Waals surface area contributed by atoms with Gasteiger partial charge in [0.2, 0.25) is 11.8 Å². The molecule has 0 saturated heterocycles. The second-order valence-electron chi connectivity index (χ2n) is 6.06. The monoisotopic (exact) mass is 391 g/mol. The van der Waals surface area contributed by atoms with Gasteiger partial charge in [0.1, 0.15) is 5.76 Å². The Labute approximate surface area is 163 Å². The Balaban J connectivity index is 1.86. The van der Waals surface area contributed by atoms with Crippen molar-refractivity contribution in [1.82, 2.24) is 10.1 Å². The molecule has 1 aromatic carbocycles. The van der Waals surface area contributed by atoms with E-state index in [4.69, 9.17) is 9.26 Å². The summed E-state index contributed by atoms with van der Waals surface area (Å²) in [4.78, 5) is 26.6. The molecule has 8 heteroatoms. The fourth-order valence-electron chi connectivity index (χ4n) is 2.31. The van der Waals surface area contributed by atoms with E-state index in [1.807, 2.05) is 30.3 Å². The molecule has 2 amide bonds. The summed E-state index contributed by atoms with van der Waals surface area (Å²) in [7, 11) is 1.61. The molecule has 27 heavy (non-hydrogen) atoms. The smallest absolute Gasteiger partial charge is 0.238 e. The first-order valence-corrected chi connectivity index (χ1v) is 9.71. The van der Waals surface area contributed by atoms with Crippen LogP contribution in [0.25, 0.3) is 0 Å². The molecule has 0 saturated carbocycles. The molecule has 1 unspecified atom stereocenters. The van der Waals surface area contributed by atoms with E-state index in [9.17, 15) is 9.59 Å². The number of aromatic nitrogens is 1. The molecule has 0 aliphatic carbocycles. The van der Waals surface area contributed by atoms with E-state index in [-0.39, 0.29) is 17.6 Å². The summed E-state index contributed by atoms with van der Waals surface area (Å²) in [6.45, 7) is 4.99. The number of hydrogen-bond donors (Lipinski definition) is 1. The number of amides is 2. The third-order valence-corrected chi connectivity index (χ3v) is 4.97. The van der Waals surface area contributed by atoms with Gasteiger partial charge in [-0.2, -0.15) is 0 Å². The van der Waals surface area contributed by atoms with Crippen molar-refractivity contribution in [2.24, 2.45) is 0 Å². The van der Waals surface area contributed by atoms with Crippen molar-refractivity contribution in [3.05, 3.63) is 47.7 Å². The number of nitrogens with zero attached hydrogens (tertiary/aromatic N) is 2. The molecular weight excluding hydrogens is 366 g/mol. The van der Waals surface area contributed by atoms with Gasteiger partial charge in [0, 0.05) is 26.3 Å². The molecule has 146 valence electrons. The average Bonchev–Trinajstić information content (AvgIpc) is 3.08. The van der Waals surface area contributed by atoms with E-state index in [0.717, 1.165) is 5.56 Å². The predicted octanol–water partition coefficient (Wildman–Crippen LogP) is 2.72. The summed E-state index contributed by atoms with van der Waals surface area (Å²) in [5.41, 5.74) is 1.05. The normalized spacial score (nSPS) is 11.8.